The lowest BCUT2D eigenvalue weighted by molar-refractivity contribution is -0.126. The summed E-state index contributed by atoms with van der Waals surface area (Å²) in [6.07, 6.45) is 3.40. The van der Waals surface area contributed by atoms with Gasteiger partial charge in [-0.25, -0.2) is 0 Å². The molecule has 0 radical (unpaired) electrons. The Morgan fingerprint density at radius 3 is 2.75 bits per heavy atom. The van der Waals surface area contributed by atoms with E-state index in [0.29, 0.717) is 30.3 Å². The second-order valence-electron chi connectivity index (χ2n) is 5.94. The van der Waals surface area contributed by atoms with Crippen molar-refractivity contribution in [3.8, 4) is 11.5 Å². The van der Waals surface area contributed by atoms with Crippen LogP contribution in [0.2, 0.25) is 0 Å². The van der Waals surface area contributed by atoms with E-state index in [4.69, 9.17) is 9.47 Å². The van der Waals surface area contributed by atoms with Gasteiger partial charge in [0.25, 0.3) is 0 Å². The van der Waals surface area contributed by atoms with Gasteiger partial charge in [0.05, 0.1) is 25.8 Å². The van der Waals surface area contributed by atoms with Gasteiger partial charge in [-0.05, 0) is 18.6 Å². The lowest BCUT2D eigenvalue weighted by atomic mass is 10.1. The van der Waals surface area contributed by atoms with Crippen molar-refractivity contribution < 1.29 is 19.1 Å². The van der Waals surface area contributed by atoms with E-state index in [1.54, 1.807) is 37.3 Å². The van der Waals surface area contributed by atoms with Crippen LogP contribution in [0.25, 0.3) is 0 Å². The summed E-state index contributed by atoms with van der Waals surface area (Å²) in [5, 5.41) is 2.93. The molecule has 24 heavy (non-hydrogen) atoms. The standard InChI is InChI=1S/C18H26N2O4/c1-4-5-6-9-19-18(22)13-10-17(21)20(12-13)15-11-14(23-2)7-8-16(15)24-3/h7-8,11,13H,4-6,9-10,12H2,1-3H3,(H,19,22)/t13-/m1/s1. The van der Waals surface area contributed by atoms with E-state index < -0.39 is 0 Å². The average Bonchev–Trinajstić information content (AvgIpc) is 2.99. The predicted molar refractivity (Wildman–Crippen MR) is 92.5 cm³/mol. The molecule has 1 fully saturated rings. The summed E-state index contributed by atoms with van der Waals surface area (Å²) in [5.41, 5.74) is 0.642. The molecule has 0 aromatic heterocycles. The van der Waals surface area contributed by atoms with Crippen molar-refractivity contribution in [1.29, 1.82) is 0 Å². The van der Waals surface area contributed by atoms with E-state index in [-0.39, 0.29) is 24.2 Å². The Labute approximate surface area is 143 Å². The third-order valence-corrected chi connectivity index (χ3v) is 4.25. The molecule has 1 aromatic carbocycles. The summed E-state index contributed by atoms with van der Waals surface area (Å²) < 4.78 is 10.6. The van der Waals surface area contributed by atoms with Crippen LogP contribution in [-0.4, -0.2) is 39.1 Å². The maximum Gasteiger partial charge on any atom is 0.227 e. The van der Waals surface area contributed by atoms with E-state index in [2.05, 4.69) is 12.2 Å². The highest BCUT2D eigenvalue weighted by atomic mass is 16.5. The molecule has 6 heteroatoms. The molecule has 6 nitrogen and oxygen atoms in total. The fourth-order valence-corrected chi connectivity index (χ4v) is 2.85. The molecular weight excluding hydrogens is 308 g/mol. The van der Waals surface area contributed by atoms with Crippen LogP contribution >= 0.6 is 0 Å². The van der Waals surface area contributed by atoms with Gasteiger partial charge in [-0.3, -0.25) is 9.59 Å². The first-order valence-corrected chi connectivity index (χ1v) is 8.40. The fourth-order valence-electron chi connectivity index (χ4n) is 2.85. The highest BCUT2D eigenvalue weighted by Gasteiger charge is 2.36. The second kappa shape index (κ2) is 8.57. The highest BCUT2D eigenvalue weighted by molar-refractivity contribution is 6.01. The number of methoxy groups -OCH3 is 2. The molecule has 0 saturated carbocycles. The zero-order valence-corrected chi connectivity index (χ0v) is 14.6. The van der Waals surface area contributed by atoms with Crippen molar-refractivity contribution in [1.82, 2.24) is 5.32 Å². The molecule has 132 valence electrons. The van der Waals surface area contributed by atoms with Crippen LogP contribution < -0.4 is 19.7 Å². The molecule has 2 amide bonds. The first kappa shape index (κ1) is 18.1. The van der Waals surface area contributed by atoms with Crippen LogP contribution in [0.4, 0.5) is 5.69 Å². The Hall–Kier alpha value is -2.24. The quantitative estimate of drug-likeness (QED) is 0.741. The van der Waals surface area contributed by atoms with Crippen molar-refractivity contribution in [2.75, 3.05) is 32.2 Å². The number of ether oxygens (including phenoxy) is 2. The number of hydrogen-bond acceptors (Lipinski definition) is 4. The molecule has 0 unspecified atom stereocenters. The summed E-state index contributed by atoms with van der Waals surface area (Å²) in [4.78, 5) is 26.3. The monoisotopic (exact) mass is 334 g/mol. The minimum absolute atomic E-state index is 0.0520. The molecular formula is C18H26N2O4. The molecule has 0 aliphatic carbocycles. The van der Waals surface area contributed by atoms with Crippen molar-refractivity contribution in [3.05, 3.63) is 18.2 Å². The number of hydrogen-bond donors (Lipinski definition) is 1. The number of anilines is 1. The van der Waals surface area contributed by atoms with Gasteiger partial charge >= 0.3 is 0 Å². The minimum Gasteiger partial charge on any atom is -0.497 e. The van der Waals surface area contributed by atoms with Crippen molar-refractivity contribution in [2.45, 2.75) is 32.6 Å². The highest BCUT2D eigenvalue weighted by Crippen LogP contribution is 2.36. The van der Waals surface area contributed by atoms with Gasteiger partial charge < -0.3 is 19.7 Å². The van der Waals surface area contributed by atoms with Gasteiger partial charge in [0.15, 0.2) is 0 Å². The average molecular weight is 334 g/mol. The smallest absolute Gasteiger partial charge is 0.227 e. The van der Waals surface area contributed by atoms with Crippen molar-refractivity contribution in [3.63, 3.8) is 0 Å². The predicted octanol–water partition coefficient (Wildman–Crippen LogP) is 2.36. The maximum atomic E-state index is 12.4. The van der Waals surface area contributed by atoms with Gasteiger partial charge in [-0.1, -0.05) is 19.8 Å². The van der Waals surface area contributed by atoms with Gasteiger partial charge in [-0.2, -0.15) is 0 Å². The lowest BCUT2D eigenvalue weighted by Crippen LogP contribution is -2.33. The zero-order valence-electron chi connectivity index (χ0n) is 14.6. The molecule has 1 atom stereocenters. The summed E-state index contributed by atoms with van der Waals surface area (Å²) in [5.74, 6) is 0.785. The Kier molecular flexibility index (Phi) is 6.46. The van der Waals surface area contributed by atoms with Crippen LogP contribution in [0.5, 0.6) is 11.5 Å². The number of carbonyl (C=O) groups excluding carboxylic acids is 2. The maximum absolute atomic E-state index is 12.4. The number of unbranched alkanes of at least 4 members (excludes halogenated alkanes) is 2. The summed E-state index contributed by atoms with van der Waals surface area (Å²) in [6.45, 7) is 3.15. The van der Waals surface area contributed by atoms with E-state index in [1.807, 2.05) is 0 Å². The van der Waals surface area contributed by atoms with E-state index in [1.165, 1.54) is 0 Å². The SMILES string of the molecule is CCCCCNC(=O)[C@@H]1CC(=O)N(c2cc(OC)ccc2OC)C1. The number of carbonyl (C=O) groups is 2. The van der Waals surface area contributed by atoms with Gasteiger partial charge in [0.1, 0.15) is 11.5 Å². The van der Waals surface area contributed by atoms with Crippen LogP contribution in [-0.2, 0) is 9.59 Å². The molecule has 2 rings (SSSR count). The van der Waals surface area contributed by atoms with Crippen LogP contribution in [0.15, 0.2) is 18.2 Å². The molecule has 1 aliphatic rings. The zero-order chi connectivity index (χ0) is 17.5. The van der Waals surface area contributed by atoms with Crippen molar-refractivity contribution in [2.24, 2.45) is 5.92 Å². The number of rotatable bonds is 8. The molecule has 0 bridgehead atoms. The molecule has 0 spiro atoms. The summed E-state index contributed by atoms with van der Waals surface area (Å²) in [6, 6.07) is 5.30. The Balaban J connectivity index is 2.05. The molecule has 1 saturated heterocycles. The molecule has 1 aromatic rings. The topological polar surface area (TPSA) is 67.9 Å². The first-order valence-electron chi connectivity index (χ1n) is 8.40. The fraction of sp³-hybridized carbons (Fsp3) is 0.556. The van der Waals surface area contributed by atoms with Gasteiger partial charge in [-0.15, -0.1) is 0 Å². The molecule has 1 N–H and O–H groups in total. The Morgan fingerprint density at radius 2 is 2.08 bits per heavy atom. The van der Waals surface area contributed by atoms with Crippen molar-refractivity contribution >= 4 is 17.5 Å². The summed E-state index contributed by atoms with van der Waals surface area (Å²) >= 11 is 0. The second-order valence-corrected chi connectivity index (χ2v) is 5.94. The lowest BCUT2D eigenvalue weighted by Gasteiger charge is -2.20. The van der Waals surface area contributed by atoms with E-state index >= 15 is 0 Å². The number of amides is 2. The molecule has 1 aliphatic heterocycles. The summed E-state index contributed by atoms with van der Waals surface area (Å²) in [7, 11) is 3.13. The number of nitrogens with one attached hydrogen (secondary N) is 1. The van der Waals surface area contributed by atoms with Crippen LogP contribution in [0.3, 0.4) is 0 Å². The third-order valence-electron chi connectivity index (χ3n) is 4.25. The first-order chi connectivity index (χ1) is 11.6. The third kappa shape index (κ3) is 4.19. The normalized spacial score (nSPS) is 17.0. The number of benzene rings is 1. The van der Waals surface area contributed by atoms with Crippen LogP contribution in [0, 0.1) is 5.92 Å². The van der Waals surface area contributed by atoms with Gasteiger partial charge in [0, 0.05) is 25.6 Å². The number of nitrogens with zero attached hydrogens (tertiary/aromatic N) is 1. The Bertz CT molecular complexity index is 588. The van der Waals surface area contributed by atoms with Gasteiger partial charge in [0.2, 0.25) is 11.8 Å². The minimum atomic E-state index is -0.324. The Morgan fingerprint density at radius 1 is 1.29 bits per heavy atom. The van der Waals surface area contributed by atoms with Crippen LogP contribution in [0.1, 0.15) is 32.6 Å². The van der Waals surface area contributed by atoms with E-state index in [9.17, 15) is 9.59 Å². The largest absolute Gasteiger partial charge is 0.497 e. The molecule has 1 heterocycles. The van der Waals surface area contributed by atoms with E-state index in [0.717, 1.165) is 19.3 Å².